The topological polar surface area (TPSA) is 52.6 Å². The first-order valence-corrected chi connectivity index (χ1v) is 8.98. The zero-order valence-corrected chi connectivity index (χ0v) is 12.9. The van der Waals surface area contributed by atoms with Crippen molar-refractivity contribution in [1.82, 2.24) is 0 Å². The molecule has 0 aliphatic carbocycles. The molecule has 0 amide bonds. The van der Waals surface area contributed by atoms with Crippen LogP contribution in [0.25, 0.3) is 0 Å². The van der Waals surface area contributed by atoms with Crippen molar-refractivity contribution in [3.05, 3.63) is 12.2 Å². The number of rotatable bonds is 8. The van der Waals surface area contributed by atoms with E-state index in [0.717, 1.165) is 18.1 Å². The normalized spacial score (nSPS) is 10.9. The van der Waals surface area contributed by atoms with E-state index < -0.39 is 14.3 Å². The van der Waals surface area contributed by atoms with Crippen molar-refractivity contribution in [2.75, 3.05) is 6.61 Å². The van der Waals surface area contributed by atoms with Gasteiger partial charge in [0.2, 0.25) is 0 Å². The second-order valence-corrected chi connectivity index (χ2v) is 9.08. The van der Waals surface area contributed by atoms with E-state index in [-0.39, 0.29) is 19.0 Å². The Morgan fingerprint density at radius 3 is 2.00 bits per heavy atom. The Morgan fingerprint density at radius 2 is 1.61 bits per heavy atom. The Bertz CT molecular complexity index is 300. The minimum atomic E-state index is -1.89. The Labute approximate surface area is 110 Å². The number of esters is 1. The van der Waals surface area contributed by atoms with Crippen LogP contribution in [-0.2, 0) is 18.8 Å². The summed E-state index contributed by atoms with van der Waals surface area (Å²) in [4.78, 5) is 22.8. The lowest BCUT2D eigenvalue weighted by atomic mass is 10.4. The first-order valence-electron chi connectivity index (χ1n) is 6.45. The molecule has 0 unspecified atom stereocenters. The number of hydrogen-bond donors (Lipinski definition) is 0. The van der Waals surface area contributed by atoms with E-state index in [4.69, 9.17) is 9.16 Å². The van der Waals surface area contributed by atoms with Crippen LogP contribution in [0.3, 0.4) is 0 Å². The van der Waals surface area contributed by atoms with E-state index in [1.54, 1.807) is 6.92 Å². The van der Waals surface area contributed by atoms with Gasteiger partial charge in [-0.2, -0.15) is 0 Å². The lowest BCUT2D eigenvalue weighted by Gasteiger charge is -2.27. The second-order valence-electron chi connectivity index (χ2n) is 4.38. The molecule has 0 N–H and O–H groups in total. The van der Waals surface area contributed by atoms with Gasteiger partial charge in [-0.3, -0.25) is 4.79 Å². The number of carbonyl (C=O) groups excluding carboxylic acids is 2. The van der Waals surface area contributed by atoms with E-state index >= 15 is 0 Å². The van der Waals surface area contributed by atoms with Crippen LogP contribution in [0.15, 0.2) is 12.2 Å². The van der Waals surface area contributed by atoms with E-state index in [9.17, 15) is 9.59 Å². The lowest BCUT2D eigenvalue weighted by molar-refractivity contribution is -0.142. The largest absolute Gasteiger partial charge is 0.519 e. The van der Waals surface area contributed by atoms with Crippen molar-refractivity contribution >= 4 is 20.3 Å². The summed E-state index contributed by atoms with van der Waals surface area (Å²) in [6.07, 6.45) is 0.119. The van der Waals surface area contributed by atoms with Crippen molar-refractivity contribution in [2.24, 2.45) is 0 Å². The highest BCUT2D eigenvalue weighted by atomic mass is 28.4. The quantitative estimate of drug-likeness (QED) is 0.387. The summed E-state index contributed by atoms with van der Waals surface area (Å²) in [6, 6.07) is 2.78. The van der Waals surface area contributed by atoms with Gasteiger partial charge in [-0.05, 0) is 25.1 Å². The molecule has 0 spiro atoms. The fourth-order valence-electron chi connectivity index (χ4n) is 1.61. The van der Waals surface area contributed by atoms with Gasteiger partial charge in [-0.15, -0.1) is 0 Å². The maximum absolute atomic E-state index is 11.7. The van der Waals surface area contributed by atoms with Crippen LogP contribution < -0.4 is 0 Å². The van der Waals surface area contributed by atoms with Gasteiger partial charge in [0, 0.05) is 5.57 Å². The molecular formula is C13H24O4Si. The SMILES string of the molecule is C=C(C)C(=O)OCCC(=O)O[Si](CC)(CC)CC. The summed E-state index contributed by atoms with van der Waals surface area (Å²) in [7, 11) is -1.89. The van der Waals surface area contributed by atoms with Crippen LogP contribution in [0.1, 0.15) is 34.1 Å². The Kier molecular flexibility index (Phi) is 7.58. The van der Waals surface area contributed by atoms with E-state index in [1.807, 2.05) is 0 Å². The van der Waals surface area contributed by atoms with Gasteiger partial charge in [0.25, 0.3) is 14.3 Å². The van der Waals surface area contributed by atoms with Crippen molar-refractivity contribution in [2.45, 2.75) is 52.2 Å². The summed E-state index contributed by atoms with van der Waals surface area (Å²) in [5.41, 5.74) is 0.336. The van der Waals surface area contributed by atoms with Crippen LogP contribution in [0.4, 0.5) is 0 Å². The molecule has 18 heavy (non-hydrogen) atoms. The first-order chi connectivity index (χ1) is 8.40. The maximum Gasteiger partial charge on any atom is 0.333 e. The van der Waals surface area contributed by atoms with Crippen LogP contribution in [0, 0.1) is 0 Å². The Hall–Kier alpha value is -1.10. The molecule has 4 nitrogen and oxygen atoms in total. The average Bonchev–Trinajstić information content (AvgIpc) is 2.35. The predicted octanol–water partition coefficient (Wildman–Crippen LogP) is 3.04. The highest BCUT2D eigenvalue weighted by Gasteiger charge is 2.32. The molecule has 0 atom stereocenters. The molecule has 0 aromatic rings. The molecule has 0 bridgehead atoms. The number of ether oxygens (including phenoxy) is 1. The molecule has 104 valence electrons. The third-order valence-corrected chi connectivity index (χ3v) is 7.68. The van der Waals surface area contributed by atoms with Crippen molar-refractivity contribution in [3.63, 3.8) is 0 Å². The Morgan fingerprint density at radius 1 is 1.11 bits per heavy atom. The molecule has 0 radical (unpaired) electrons. The maximum atomic E-state index is 11.7. The lowest BCUT2D eigenvalue weighted by Crippen LogP contribution is -2.38. The van der Waals surface area contributed by atoms with Gasteiger partial charge >= 0.3 is 5.97 Å². The van der Waals surface area contributed by atoms with E-state index in [1.165, 1.54) is 0 Å². The minimum absolute atomic E-state index is 0.0617. The van der Waals surface area contributed by atoms with Crippen LogP contribution in [0.2, 0.25) is 18.1 Å². The molecule has 0 aliphatic rings. The molecule has 0 heterocycles. The number of hydrogen-bond acceptors (Lipinski definition) is 4. The van der Waals surface area contributed by atoms with Gasteiger partial charge in [-0.1, -0.05) is 27.4 Å². The fourth-order valence-corrected chi connectivity index (χ4v) is 4.13. The molecule has 0 saturated heterocycles. The molecular weight excluding hydrogens is 248 g/mol. The highest BCUT2D eigenvalue weighted by Crippen LogP contribution is 2.22. The van der Waals surface area contributed by atoms with Crippen molar-refractivity contribution < 1.29 is 18.8 Å². The van der Waals surface area contributed by atoms with Gasteiger partial charge in [0.05, 0.1) is 6.42 Å². The van der Waals surface area contributed by atoms with Gasteiger partial charge < -0.3 is 9.16 Å². The van der Waals surface area contributed by atoms with Gasteiger partial charge in [0.1, 0.15) is 6.61 Å². The van der Waals surface area contributed by atoms with E-state index in [0.29, 0.717) is 5.57 Å². The fraction of sp³-hybridized carbons (Fsp3) is 0.692. The average molecular weight is 272 g/mol. The van der Waals surface area contributed by atoms with Crippen LogP contribution >= 0.6 is 0 Å². The third kappa shape index (κ3) is 5.49. The number of carbonyl (C=O) groups is 2. The van der Waals surface area contributed by atoms with Crippen molar-refractivity contribution in [3.8, 4) is 0 Å². The molecule has 0 aliphatic heterocycles. The smallest absolute Gasteiger partial charge is 0.333 e. The minimum Gasteiger partial charge on any atom is -0.519 e. The van der Waals surface area contributed by atoms with Crippen LogP contribution in [0.5, 0.6) is 0 Å². The zero-order valence-electron chi connectivity index (χ0n) is 11.9. The summed E-state index contributed by atoms with van der Waals surface area (Å²) in [6.45, 7) is 11.3. The summed E-state index contributed by atoms with van der Waals surface area (Å²) in [5.74, 6) is -0.727. The summed E-state index contributed by atoms with van der Waals surface area (Å²) < 4.78 is 10.5. The standard InChI is InChI=1S/C13H24O4Si/c1-6-18(7-2,8-3)17-12(14)9-10-16-13(15)11(4)5/h4,6-10H2,1-3,5H3. The Balaban J connectivity index is 4.11. The van der Waals surface area contributed by atoms with Gasteiger partial charge in [0.15, 0.2) is 0 Å². The monoisotopic (exact) mass is 272 g/mol. The van der Waals surface area contributed by atoms with Crippen LogP contribution in [-0.4, -0.2) is 26.9 Å². The molecule has 0 rings (SSSR count). The second kappa shape index (κ2) is 8.08. The summed E-state index contributed by atoms with van der Waals surface area (Å²) in [5, 5.41) is 0. The summed E-state index contributed by atoms with van der Waals surface area (Å²) >= 11 is 0. The molecule has 0 saturated carbocycles. The molecule has 5 heteroatoms. The highest BCUT2D eigenvalue weighted by molar-refractivity contribution is 6.74. The predicted molar refractivity (Wildman–Crippen MR) is 73.7 cm³/mol. The zero-order chi connectivity index (χ0) is 14.2. The first kappa shape index (κ1) is 16.9. The van der Waals surface area contributed by atoms with Gasteiger partial charge in [-0.25, -0.2) is 4.79 Å². The molecule has 0 aromatic carbocycles. The molecule has 0 aromatic heterocycles. The molecule has 0 fully saturated rings. The van der Waals surface area contributed by atoms with E-state index in [2.05, 4.69) is 27.4 Å². The third-order valence-electron chi connectivity index (χ3n) is 3.15. The van der Waals surface area contributed by atoms with Crippen molar-refractivity contribution in [1.29, 1.82) is 0 Å².